The fourth-order valence-electron chi connectivity index (χ4n) is 1.89. The van der Waals surface area contributed by atoms with Gasteiger partial charge in [0.25, 0.3) is 0 Å². The maximum Gasteiger partial charge on any atom is 0.416 e. The molecule has 2 aromatic carbocycles. The van der Waals surface area contributed by atoms with Crippen molar-refractivity contribution in [2.24, 2.45) is 0 Å². The van der Waals surface area contributed by atoms with E-state index in [-0.39, 0.29) is 5.69 Å². The van der Waals surface area contributed by atoms with Crippen molar-refractivity contribution in [1.29, 1.82) is 0 Å². The van der Waals surface area contributed by atoms with Crippen LogP contribution in [0.25, 0.3) is 0 Å². The Hall–Kier alpha value is -1.62. The maximum atomic E-state index is 12.6. The van der Waals surface area contributed by atoms with Gasteiger partial charge in [0, 0.05) is 16.3 Å². The Kier molecular flexibility index (Phi) is 4.83. The van der Waals surface area contributed by atoms with Gasteiger partial charge in [-0.15, -0.1) is 11.8 Å². The van der Waals surface area contributed by atoms with Gasteiger partial charge in [-0.2, -0.15) is 13.2 Å². The Morgan fingerprint density at radius 1 is 1.00 bits per heavy atom. The van der Waals surface area contributed by atoms with Gasteiger partial charge in [0.2, 0.25) is 0 Å². The fourth-order valence-corrected chi connectivity index (χ4v) is 2.79. The summed E-state index contributed by atoms with van der Waals surface area (Å²) in [6, 6.07) is 11.7. The average Bonchev–Trinajstić information content (AvgIpc) is 2.45. The van der Waals surface area contributed by atoms with Crippen LogP contribution in [0.15, 0.2) is 47.4 Å². The largest absolute Gasteiger partial charge is 0.416 e. The van der Waals surface area contributed by atoms with Crippen molar-refractivity contribution >= 4 is 17.4 Å². The molecular formula is C16H16F3NS. The van der Waals surface area contributed by atoms with Gasteiger partial charge in [-0.25, -0.2) is 0 Å². The zero-order chi connectivity index (χ0) is 15.5. The van der Waals surface area contributed by atoms with E-state index < -0.39 is 11.7 Å². The molecular weight excluding hydrogens is 295 g/mol. The molecule has 0 bridgehead atoms. The highest BCUT2D eigenvalue weighted by atomic mass is 32.2. The van der Waals surface area contributed by atoms with Crippen LogP contribution < -0.4 is 5.73 Å². The molecule has 2 rings (SSSR count). The third-order valence-corrected chi connectivity index (χ3v) is 4.32. The van der Waals surface area contributed by atoms with Crippen molar-refractivity contribution in [3.05, 3.63) is 59.2 Å². The molecule has 0 spiro atoms. The summed E-state index contributed by atoms with van der Waals surface area (Å²) < 4.78 is 37.7. The van der Waals surface area contributed by atoms with Crippen LogP contribution in [0.5, 0.6) is 0 Å². The minimum atomic E-state index is -4.35. The summed E-state index contributed by atoms with van der Waals surface area (Å²) in [6.45, 7) is 2.09. The summed E-state index contributed by atoms with van der Waals surface area (Å²) in [6.07, 6.45) is -3.37. The van der Waals surface area contributed by atoms with Crippen molar-refractivity contribution < 1.29 is 13.2 Å². The van der Waals surface area contributed by atoms with Gasteiger partial charge in [-0.05, 0) is 35.7 Å². The molecule has 112 valence electrons. The lowest BCUT2D eigenvalue weighted by Crippen LogP contribution is -2.05. The number of benzene rings is 2. The molecule has 0 amide bonds. The zero-order valence-corrected chi connectivity index (χ0v) is 12.4. The lowest BCUT2D eigenvalue weighted by atomic mass is 10.1. The van der Waals surface area contributed by atoms with Crippen molar-refractivity contribution in [3.63, 3.8) is 0 Å². The number of aryl methyl sites for hydroxylation is 1. The SMILES string of the molecule is CCc1ccc(CSc2ccc(C(F)(F)F)cc2N)cc1. The lowest BCUT2D eigenvalue weighted by molar-refractivity contribution is -0.137. The smallest absolute Gasteiger partial charge is 0.398 e. The van der Waals surface area contributed by atoms with Crippen LogP contribution in [-0.4, -0.2) is 0 Å². The number of alkyl halides is 3. The number of hydrogen-bond donors (Lipinski definition) is 1. The van der Waals surface area contributed by atoms with E-state index in [0.717, 1.165) is 24.1 Å². The molecule has 2 aromatic rings. The van der Waals surface area contributed by atoms with Crippen LogP contribution in [-0.2, 0) is 18.3 Å². The summed E-state index contributed by atoms with van der Waals surface area (Å²) in [5, 5.41) is 0. The van der Waals surface area contributed by atoms with Crippen LogP contribution in [0.4, 0.5) is 18.9 Å². The Morgan fingerprint density at radius 2 is 1.62 bits per heavy atom. The summed E-state index contributed by atoms with van der Waals surface area (Å²) in [5.41, 5.74) is 7.55. The molecule has 0 unspecified atom stereocenters. The van der Waals surface area contributed by atoms with E-state index in [0.29, 0.717) is 10.6 Å². The quantitative estimate of drug-likeness (QED) is 0.625. The van der Waals surface area contributed by atoms with Crippen molar-refractivity contribution in [1.82, 2.24) is 0 Å². The average molecular weight is 311 g/mol. The topological polar surface area (TPSA) is 26.0 Å². The molecule has 0 atom stereocenters. The number of halogens is 3. The molecule has 0 aliphatic heterocycles. The summed E-state index contributed by atoms with van der Waals surface area (Å²) in [5.74, 6) is 0.680. The second kappa shape index (κ2) is 6.43. The molecule has 0 saturated heterocycles. The molecule has 21 heavy (non-hydrogen) atoms. The van der Waals surface area contributed by atoms with Gasteiger partial charge in [0.05, 0.1) is 5.56 Å². The number of nitrogen functional groups attached to an aromatic ring is 1. The van der Waals surface area contributed by atoms with E-state index in [1.54, 1.807) is 0 Å². The number of hydrogen-bond acceptors (Lipinski definition) is 2. The zero-order valence-electron chi connectivity index (χ0n) is 11.6. The molecule has 0 fully saturated rings. The number of nitrogens with two attached hydrogens (primary N) is 1. The summed E-state index contributed by atoms with van der Waals surface area (Å²) in [4.78, 5) is 0.669. The van der Waals surface area contributed by atoms with E-state index in [4.69, 9.17) is 5.73 Å². The standard InChI is InChI=1S/C16H16F3NS/c1-2-11-3-5-12(6-4-11)10-21-15-8-7-13(9-14(15)20)16(17,18)19/h3-9H,2,10,20H2,1H3. The van der Waals surface area contributed by atoms with Gasteiger partial charge in [-0.3, -0.25) is 0 Å². The van der Waals surface area contributed by atoms with Crippen molar-refractivity contribution in [2.75, 3.05) is 5.73 Å². The summed E-state index contributed by atoms with van der Waals surface area (Å²) >= 11 is 1.44. The number of anilines is 1. The van der Waals surface area contributed by atoms with Gasteiger partial charge in [0.15, 0.2) is 0 Å². The van der Waals surface area contributed by atoms with E-state index in [9.17, 15) is 13.2 Å². The molecule has 1 nitrogen and oxygen atoms in total. The highest BCUT2D eigenvalue weighted by Crippen LogP contribution is 2.35. The first kappa shape index (κ1) is 15.8. The second-order valence-electron chi connectivity index (χ2n) is 4.71. The van der Waals surface area contributed by atoms with Crippen LogP contribution >= 0.6 is 11.8 Å². The van der Waals surface area contributed by atoms with Gasteiger partial charge >= 0.3 is 6.18 Å². The molecule has 0 saturated carbocycles. The van der Waals surface area contributed by atoms with Crippen molar-refractivity contribution in [2.45, 2.75) is 30.2 Å². The summed E-state index contributed by atoms with van der Waals surface area (Å²) in [7, 11) is 0. The minimum Gasteiger partial charge on any atom is -0.398 e. The van der Waals surface area contributed by atoms with E-state index in [1.165, 1.54) is 23.4 Å². The monoisotopic (exact) mass is 311 g/mol. The Labute approximate surface area is 126 Å². The highest BCUT2D eigenvalue weighted by molar-refractivity contribution is 7.98. The molecule has 5 heteroatoms. The normalized spacial score (nSPS) is 11.6. The predicted octanol–water partition coefficient (Wildman–Crippen LogP) is 5.14. The maximum absolute atomic E-state index is 12.6. The fraction of sp³-hybridized carbons (Fsp3) is 0.250. The highest BCUT2D eigenvalue weighted by Gasteiger charge is 2.30. The number of rotatable bonds is 4. The van der Waals surface area contributed by atoms with Crippen LogP contribution in [0.1, 0.15) is 23.6 Å². The molecule has 0 aliphatic carbocycles. The predicted molar refractivity (Wildman–Crippen MR) is 81.2 cm³/mol. The molecule has 0 radical (unpaired) electrons. The third kappa shape index (κ3) is 4.17. The van der Waals surface area contributed by atoms with E-state index in [1.807, 2.05) is 12.1 Å². The van der Waals surface area contributed by atoms with Crippen LogP contribution in [0.3, 0.4) is 0 Å². The molecule has 2 N–H and O–H groups in total. The van der Waals surface area contributed by atoms with Crippen molar-refractivity contribution in [3.8, 4) is 0 Å². The van der Waals surface area contributed by atoms with Crippen LogP contribution in [0, 0.1) is 0 Å². The lowest BCUT2D eigenvalue weighted by Gasteiger charge is -2.10. The Balaban J connectivity index is 2.06. The first-order valence-electron chi connectivity index (χ1n) is 6.57. The van der Waals surface area contributed by atoms with Gasteiger partial charge in [0.1, 0.15) is 0 Å². The minimum absolute atomic E-state index is 0.167. The molecule has 0 aliphatic rings. The van der Waals surface area contributed by atoms with Gasteiger partial charge < -0.3 is 5.73 Å². The third-order valence-electron chi connectivity index (χ3n) is 3.16. The Bertz CT molecular complexity index is 606. The van der Waals surface area contributed by atoms with Gasteiger partial charge in [-0.1, -0.05) is 31.2 Å². The Morgan fingerprint density at radius 3 is 2.14 bits per heavy atom. The first-order valence-corrected chi connectivity index (χ1v) is 7.56. The van der Waals surface area contributed by atoms with Crippen LogP contribution in [0.2, 0.25) is 0 Å². The molecule has 0 aromatic heterocycles. The van der Waals surface area contributed by atoms with E-state index in [2.05, 4.69) is 19.1 Å². The first-order chi connectivity index (χ1) is 9.90. The second-order valence-corrected chi connectivity index (χ2v) is 5.73. The van der Waals surface area contributed by atoms with E-state index >= 15 is 0 Å². The number of thioether (sulfide) groups is 1. The molecule has 0 heterocycles.